The predicted molar refractivity (Wildman–Crippen MR) is 104 cm³/mol. The number of amides is 2. The van der Waals surface area contributed by atoms with Gasteiger partial charge in [0.15, 0.2) is 0 Å². The van der Waals surface area contributed by atoms with Crippen molar-refractivity contribution >= 4 is 11.8 Å². The first kappa shape index (κ1) is 21.8. The molecule has 1 aromatic heterocycles. The zero-order chi connectivity index (χ0) is 21.6. The highest BCUT2D eigenvalue weighted by Crippen LogP contribution is 2.30. The third-order valence-corrected chi connectivity index (χ3v) is 4.89. The van der Waals surface area contributed by atoms with E-state index >= 15 is 0 Å². The molecule has 1 saturated heterocycles. The number of carbonyl (C=O) groups is 2. The van der Waals surface area contributed by atoms with Gasteiger partial charge in [0.1, 0.15) is 0 Å². The zero-order valence-electron chi connectivity index (χ0n) is 16.3. The van der Waals surface area contributed by atoms with Crippen LogP contribution in [0.5, 0.6) is 0 Å². The van der Waals surface area contributed by atoms with Crippen molar-refractivity contribution in [1.29, 1.82) is 0 Å². The first-order valence-corrected chi connectivity index (χ1v) is 9.67. The zero-order valence-corrected chi connectivity index (χ0v) is 16.3. The van der Waals surface area contributed by atoms with Crippen molar-refractivity contribution in [3.05, 3.63) is 65.5 Å². The smallest absolute Gasteiger partial charge is 0.356 e. The molecule has 2 amide bonds. The summed E-state index contributed by atoms with van der Waals surface area (Å²) in [6, 6.07) is 9.83. The fourth-order valence-electron chi connectivity index (χ4n) is 3.38. The normalized spacial score (nSPS) is 17.4. The van der Waals surface area contributed by atoms with Gasteiger partial charge in [0.05, 0.1) is 18.0 Å². The number of benzene rings is 1. The predicted octanol–water partition coefficient (Wildman–Crippen LogP) is 2.15. The van der Waals surface area contributed by atoms with E-state index < -0.39 is 17.8 Å². The van der Waals surface area contributed by atoms with Crippen LogP contribution >= 0.6 is 0 Å². The molecule has 0 aliphatic carbocycles. The quantitative estimate of drug-likeness (QED) is 0.720. The van der Waals surface area contributed by atoms with Gasteiger partial charge in [-0.05, 0) is 23.8 Å². The van der Waals surface area contributed by atoms with E-state index in [1.807, 2.05) is 18.2 Å². The van der Waals surface area contributed by atoms with Crippen molar-refractivity contribution in [2.24, 2.45) is 0 Å². The number of piperazine rings is 1. The number of rotatable bonds is 7. The van der Waals surface area contributed by atoms with Crippen LogP contribution in [-0.2, 0) is 28.7 Å². The average Bonchev–Trinajstić information content (AvgIpc) is 2.71. The van der Waals surface area contributed by atoms with Crippen molar-refractivity contribution in [3.63, 3.8) is 0 Å². The lowest BCUT2D eigenvalue weighted by Gasteiger charge is -2.34. The van der Waals surface area contributed by atoms with Gasteiger partial charge in [-0.15, -0.1) is 0 Å². The number of nitrogens with zero attached hydrogens (tertiary/aromatic N) is 2. The second-order valence-electron chi connectivity index (χ2n) is 7.10. The van der Waals surface area contributed by atoms with Gasteiger partial charge in [-0.1, -0.05) is 24.3 Å². The Labute approximate surface area is 172 Å². The minimum absolute atomic E-state index is 0.0625. The van der Waals surface area contributed by atoms with Gasteiger partial charge in [-0.25, -0.2) is 0 Å². The van der Waals surface area contributed by atoms with E-state index in [2.05, 4.69) is 15.6 Å². The number of hydrogen-bond donors (Lipinski definition) is 2. The van der Waals surface area contributed by atoms with Crippen molar-refractivity contribution in [1.82, 2.24) is 20.5 Å². The van der Waals surface area contributed by atoms with Gasteiger partial charge in [0.25, 0.3) is 0 Å². The molecule has 1 aromatic carbocycles. The minimum atomic E-state index is -4.43. The highest BCUT2D eigenvalue weighted by Gasteiger charge is 2.33. The van der Waals surface area contributed by atoms with Crippen LogP contribution in [0.4, 0.5) is 13.2 Å². The van der Waals surface area contributed by atoms with Crippen LogP contribution in [0.15, 0.2) is 48.7 Å². The van der Waals surface area contributed by atoms with Crippen LogP contribution in [-0.4, -0.2) is 47.4 Å². The van der Waals surface area contributed by atoms with Crippen LogP contribution < -0.4 is 10.6 Å². The number of nitrogens with one attached hydrogen (secondary N) is 2. The molecule has 160 valence electrons. The maximum Gasteiger partial charge on any atom is 0.416 e. The monoisotopic (exact) mass is 420 g/mol. The number of carbonyl (C=O) groups excluding carboxylic acids is 2. The fourth-order valence-corrected chi connectivity index (χ4v) is 3.38. The molecular formula is C21H23F3N4O2. The summed E-state index contributed by atoms with van der Waals surface area (Å²) in [6.45, 7) is 1.38. The molecule has 30 heavy (non-hydrogen) atoms. The molecule has 0 saturated carbocycles. The van der Waals surface area contributed by atoms with Crippen molar-refractivity contribution in [2.75, 3.05) is 19.6 Å². The highest BCUT2D eigenvalue weighted by atomic mass is 19.4. The number of pyridine rings is 1. The lowest BCUT2D eigenvalue weighted by atomic mass is 10.0. The molecule has 0 unspecified atom stereocenters. The van der Waals surface area contributed by atoms with Crippen molar-refractivity contribution < 1.29 is 22.8 Å². The van der Waals surface area contributed by atoms with Crippen LogP contribution in [0.25, 0.3) is 0 Å². The van der Waals surface area contributed by atoms with Gasteiger partial charge in [-0.2, -0.15) is 13.2 Å². The molecule has 3 rings (SSSR count). The Bertz CT molecular complexity index is 874. The standard InChI is InChI=1S/C21H23F3N4O2/c22-21(23,24)16-5-3-4-15(12-16)14-28-11-10-27-20(30)18(28)13-19(29)26-9-7-17-6-1-2-8-25-17/h1-6,8,12,18H,7,9-11,13-14H2,(H,26,29)(H,27,30)/t18-/m1/s1. The Kier molecular flexibility index (Phi) is 7.04. The first-order chi connectivity index (χ1) is 14.3. The maximum absolute atomic E-state index is 13.0. The molecule has 2 aromatic rings. The average molecular weight is 420 g/mol. The maximum atomic E-state index is 13.0. The van der Waals surface area contributed by atoms with E-state index in [0.29, 0.717) is 31.6 Å². The van der Waals surface area contributed by atoms with Gasteiger partial charge >= 0.3 is 6.18 Å². The number of alkyl halides is 3. The fraction of sp³-hybridized carbons (Fsp3) is 0.381. The molecule has 9 heteroatoms. The molecule has 1 atom stereocenters. The van der Waals surface area contributed by atoms with E-state index in [0.717, 1.165) is 17.8 Å². The Balaban J connectivity index is 1.59. The summed E-state index contributed by atoms with van der Waals surface area (Å²) in [4.78, 5) is 30.6. The summed E-state index contributed by atoms with van der Waals surface area (Å²) in [7, 11) is 0. The Hall–Kier alpha value is -2.94. The van der Waals surface area contributed by atoms with Crippen LogP contribution in [0.2, 0.25) is 0 Å². The van der Waals surface area contributed by atoms with Gasteiger partial charge < -0.3 is 10.6 Å². The largest absolute Gasteiger partial charge is 0.416 e. The summed E-state index contributed by atoms with van der Waals surface area (Å²) in [5, 5.41) is 5.50. The van der Waals surface area contributed by atoms with Crippen LogP contribution in [0.3, 0.4) is 0 Å². The van der Waals surface area contributed by atoms with E-state index in [4.69, 9.17) is 0 Å². The molecule has 6 nitrogen and oxygen atoms in total. The van der Waals surface area contributed by atoms with Gasteiger partial charge in [0.2, 0.25) is 11.8 Å². The van der Waals surface area contributed by atoms with E-state index in [-0.39, 0.29) is 24.8 Å². The van der Waals surface area contributed by atoms with Gasteiger partial charge in [0, 0.05) is 44.5 Å². The SMILES string of the molecule is O=C(C[C@@H]1C(=O)NCCN1Cc1cccc(C(F)(F)F)c1)NCCc1ccccn1. The molecular weight excluding hydrogens is 397 g/mol. The lowest BCUT2D eigenvalue weighted by Crippen LogP contribution is -2.56. The van der Waals surface area contributed by atoms with Crippen LogP contribution in [0.1, 0.15) is 23.2 Å². The summed E-state index contributed by atoms with van der Waals surface area (Å²) >= 11 is 0. The third kappa shape index (κ3) is 6.03. The second kappa shape index (κ2) is 9.71. The number of halogens is 3. The first-order valence-electron chi connectivity index (χ1n) is 9.67. The molecule has 0 spiro atoms. The number of aromatic nitrogens is 1. The van der Waals surface area contributed by atoms with Crippen LogP contribution in [0, 0.1) is 0 Å². The molecule has 2 N–H and O–H groups in total. The molecule has 1 aliphatic rings. The Morgan fingerprint density at radius 1 is 1.23 bits per heavy atom. The second-order valence-corrected chi connectivity index (χ2v) is 7.10. The molecule has 0 radical (unpaired) electrons. The summed E-state index contributed by atoms with van der Waals surface area (Å²) in [6.07, 6.45) is -2.25. The summed E-state index contributed by atoms with van der Waals surface area (Å²) in [5.41, 5.74) is 0.560. The summed E-state index contributed by atoms with van der Waals surface area (Å²) in [5.74, 6) is -0.588. The third-order valence-electron chi connectivity index (χ3n) is 4.89. The van der Waals surface area contributed by atoms with E-state index in [1.54, 1.807) is 17.2 Å². The molecule has 1 aliphatic heterocycles. The van der Waals surface area contributed by atoms with E-state index in [9.17, 15) is 22.8 Å². The minimum Gasteiger partial charge on any atom is -0.356 e. The van der Waals surface area contributed by atoms with Crippen molar-refractivity contribution in [3.8, 4) is 0 Å². The topological polar surface area (TPSA) is 74.3 Å². The van der Waals surface area contributed by atoms with Gasteiger partial charge in [-0.3, -0.25) is 19.5 Å². The summed E-state index contributed by atoms with van der Waals surface area (Å²) < 4.78 is 38.9. The lowest BCUT2D eigenvalue weighted by molar-refractivity contribution is -0.137. The highest BCUT2D eigenvalue weighted by molar-refractivity contribution is 5.88. The molecule has 1 fully saturated rings. The Morgan fingerprint density at radius 3 is 2.80 bits per heavy atom. The molecule has 0 bridgehead atoms. The number of hydrogen-bond acceptors (Lipinski definition) is 4. The molecule has 2 heterocycles. The van der Waals surface area contributed by atoms with E-state index in [1.165, 1.54) is 6.07 Å². The van der Waals surface area contributed by atoms with Crippen molar-refractivity contribution in [2.45, 2.75) is 31.6 Å². The Morgan fingerprint density at radius 2 is 2.07 bits per heavy atom.